The van der Waals surface area contributed by atoms with Crippen LogP contribution in [0, 0.1) is 0 Å². The van der Waals surface area contributed by atoms with Crippen LogP contribution in [0.15, 0.2) is 18.2 Å². The molecule has 3 rings (SSSR count). The Labute approximate surface area is 127 Å². The molecule has 1 atom stereocenters. The van der Waals surface area contributed by atoms with Gasteiger partial charge in [-0.1, -0.05) is 6.92 Å². The van der Waals surface area contributed by atoms with Crippen LogP contribution >= 0.6 is 0 Å². The summed E-state index contributed by atoms with van der Waals surface area (Å²) in [7, 11) is 2.15. The second-order valence-electron chi connectivity index (χ2n) is 6.20. The van der Waals surface area contributed by atoms with Crippen molar-refractivity contribution in [2.45, 2.75) is 32.2 Å². The van der Waals surface area contributed by atoms with E-state index in [-0.39, 0.29) is 5.91 Å². The molecule has 1 fully saturated rings. The minimum Gasteiger partial charge on any atom is -0.385 e. The number of hydrogen-bond donors (Lipinski definition) is 1. The van der Waals surface area contributed by atoms with Crippen LogP contribution in [0.2, 0.25) is 0 Å². The van der Waals surface area contributed by atoms with Crippen LogP contribution in [0.3, 0.4) is 0 Å². The quantitative estimate of drug-likeness (QED) is 0.906. The van der Waals surface area contributed by atoms with Crippen molar-refractivity contribution in [1.82, 2.24) is 9.80 Å². The van der Waals surface area contributed by atoms with Crippen LogP contribution in [0.1, 0.15) is 35.7 Å². The van der Waals surface area contributed by atoms with Gasteiger partial charge in [-0.2, -0.15) is 0 Å². The van der Waals surface area contributed by atoms with Crippen LogP contribution < -0.4 is 5.32 Å². The van der Waals surface area contributed by atoms with Gasteiger partial charge < -0.3 is 10.2 Å². The highest BCUT2D eigenvalue weighted by Crippen LogP contribution is 2.24. The van der Waals surface area contributed by atoms with Crippen LogP contribution in [0.5, 0.6) is 0 Å². The first kappa shape index (κ1) is 14.4. The molecule has 4 nitrogen and oxygen atoms in total. The lowest BCUT2D eigenvalue weighted by atomic mass is 10.00. The van der Waals surface area contributed by atoms with Crippen molar-refractivity contribution in [3.63, 3.8) is 0 Å². The highest BCUT2D eigenvalue weighted by atomic mass is 16.2. The average Bonchev–Trinajstić information content (AvgIpc) is 2.54. The number of nitrogens with one attached hydrogen (secondary N) is 1. The third-order valence-electron chi connectivity index (χ3n) is 4.83. The van der Waals surface area contributed by atoms with E-state index in [0.29, 0.717) is 6.04 Å². The maximum absolute atomic E-state index is 12.7. The fraction of sp³-hybridized carbons (Fsp3) is 0.588. The lowest BCUT2D eigenvalue weighted by Crippen LogP contribution is -2.52. The van der Waals surface area contributed by atoms with Gasteiger partial charge in [0, 0.05) is 43.5 Å². The highest BCUT2D eigenvalue weighted by molar-refractivity contribution is 5.95. The van der Waals surface area contributed by atoms with Crippen LogP contribution in [0.25, 0.3) is 0 Å². The molecule has 1 saturated heterocycles. The number of fused-ring (bicyclic) bond motifs is 1. The molecule has 4 heteroatoms. The average molecular weight is 287 g/mol. The largest absolute Gasteiger partial charge is 0.385 e. The number of carbonyl (C=O) groups is 1. The molecule has 0 aliphatic carbocycles. The predicted octanol–water partition coefficient (Wildman–Crippen LogP) is 2.21. The van der Waals surface area contributed by atoms with Crippen LogP contribution in [-0.4, -0.2) is 55.0 Å². The molecule has 0 saturated carbocycles. The van der Waals surface area contributed by atoms with Gasteiger partial charge in [-0.25, -0.2) is 0 Å². The first-order valence-electron chi connectivity index (χ1n) is 8.05. The minimum atomic E-state index is 0.190. The zero-order valence-electron chi connectivity index (χ0n) is 13.1. The van der Waals surface area contributed by atoms with Crippen molar-refractivity contribution in [2.75, 3.05) is 38.5 Å². The van der Waals surface area contributed by atoms with E-state index < -0.39 is 0 Å². The topological polar surface area (TPSA) is 35.6 Å². The number of nitrogens with zero attached hydrogens (tertiary/aromatic N) is 2. The zero-order valence-corrected chi connectivity index (χ0v) is 13.1. The molecule has 0 radical (unpaired) electrons. The van der Waals surface area contributed by atoms with Crippen molar-refractivity contribution in [1.29, 1.82) is 0 Å². The second-order valence-corrected chi connectivity index (χ2v) is 6.20. The molecule has 1 aromatic carbocycles. The Hall–Kier alpha value is -1.55. The summed E-state index contributed by atoms with van der Waals surface area (Å²) in [5.74, 6) is 0.190. The van der Waals surface area contributed by atoms with E-state index in [9.17, 15) is 4.79 Å². The Kier molecular flexibility index (Phi) is 4.15. The fourth-order valence-corrected chi connectivity index (χ4v) is 3.36. The van der Waals surface area contributed by atoms with Gasteiger partial charge in [0.2, 0.25) is 0 Å². The molecule has 2 aliphatic rings. The lowest BCUT2D eigenvalue weighted by Gasteiger charge is -2.39. The highest BCUT2D eigenvalue weighted by Gasteiger charge is 2.27. The Morgan fingerprint density at radius 2 is 2.24 bits per heavy atom. The van der Waals surface area contributed by atoms with Gasteiger partial charge in [0.1, 0.15) is 0 Å². The normalized spacial score (nSPS) is 22.6. The van der Waals surface area contributed by atoms with E-state index in [1.807, 2.05) is 11.0 Å². The maximum Gasteiger partial charge on any atom is 0.253 e. The monoisotopic (exact) mass is 287 g/mol. The first-order valence-corrected chi connectivity index (χ1v) is 8.05. The summed E-state index contributed by atoms with van der Waals surface area (Å²) in [5, 5.41) is 3.40. The zero-order chi connectivity index (χ0) is 14.8. The fourth-order valence-electron chi connectivity index (χ4n) is 3.36. The summed E-state index contributed by atoms with van der Waals surface area (Å²) in [4.78, 5) is 17.1. The van der Waals surface area contributed by atoms with Gasteiger partial charge in [-0.15, -0.1) is 0 Å². The van der Waals surface area contributed by atoms with Gasteiger partial charge in [-0.05, 0) is 50.1 Å². The van der Waals surface area contributed by atoms with Gasteiger partial charge in [0.15, 0.2) is 0 Å². The van der Waals surface area contributed by atoms with Crippen molar-refractivity contribution < 1.29 is 4.79 Å². The number of anilines is 1. The van der Waals surface area contributed by atoms with E-state index in [0.717, 1.165) is 51.0 Å². The van der Waals surface area contributed by atoms with Crippen LogP contribution in [0.4, 0.5) is 5.69 Å². The Bertz CT molecular complexity index is 529. The third-order valence-corrected chi connectivity index (χ3v) is 4.83. The van der Waals surface area contributed by atoms with Crippen molar-refractivity contribution in [3.05, 3.63) is 29.3 Å². The van der Waals surface area contributed by atoms with E-state index in [4.69, 9.17) is 0 Å². The molecule has 1 N–H and O–H groups in total. The number of carbonyl (C=O) groups excluding carboxylic acids is 1. The molecule has 1 aromatic rings. The third kappa shape index (κ3) is 2.91. The molecule has 1 amide bonds. The number of likely N-dealkylation sites (N-methyl/N-ethyl adjacent to an activating group) is 1. The Morgan fingerprint density at radius 3 is 3.05 bits per heavy atom. The summed E-state index contributed by atoms with van der Waals surface area (Å²) < 4.78 is 0. The van der Waals surface area contributed by atoms with Crippen LogP contribution in [-0.2, 0) is 6.42 Å². The van der Waals surface area contributed by atoms with Gasteiger partial charge in [0.25, 0.3) is 5.91 Å². The molecule has 2 aliphatic heterocycles. The standard InChI is InChI=1S/C17H25N3O/c1-3-15-12-20(10-9-19(15)2)17(21)14-6-7-16-13(11-14)5-4-8-18-16/h6-7,11,15,18H,3-5,8-10,12H2,1-2H3. The van der Waals surface area contributed by atoms with E-state index in [2.05, 4.69) is 36.3 Å². The summed E-state index contributed by atoms with van der Waals surface area (Å²) in [6.45, 7) is 5.88. The molecule has 0 aromatic heterocycles. The Morgan fingerprint density at radius 1 is 1.38 bits per heavy atom. The number of hydrogen-bond acceptors (Lipinski definition) is 3. The molecular formula is C17H25N3O. The van der Waals surface area contributed by atoms with Crippen molar-refractivity contribution in [2.24, 2.45) is 0 Å². The number of piperazine rings is 1. The predicted molar refractivity (Wildman–Crippen MR) is 85.9 cm³/mol. The molecule has 0 bridgehead atoms. The van der Waals surface area contributed by atoms with E-state index in [1.165, 1.54) is 11.3 Å². The number of aryl methyl sites for hydroxylation is 1. The summed E-state index contributed by atoms with van der Waals surface area (Å²) in [6, 6.07) is 6.61. The number of amides is 1. The van der Waals surface area contributed by atoms with E-state index in [1.54, 1.807) is 0 Å². The molecule has 21 heavy (non-hydrogen) atoms. The van der Waals surface area contributed by atoms with Gasteiger partial charge in [0.05, 0.1) is 0 Å². The molecule has 0 spiro atoms. The van der Waals surface area contributed by atoms with E-state index >= 15 is 0 Å². The first-order chi connectivity index (χ1) is 10.2. The summed E-state index contributed by atoms with van der Waals surface area (Å²) in [6.07, 6.45) is 3.31. The smallest absolute Gasteiger partial charge is 0.253 e. The number of benzene rings is 1. The molecule has 2 heterocycles. The minimum absolute atomic E-state index is 0.190. The summed E-state index contributed by atoms with van der Waals surface area (Å²) in [5.41, 5.74) is 3.33. The Balaban J connectivity index is 1.76. The SMILES string of the molecule is CCC1CN(C(=O)c2ccc3c(c2)CCCN3)CCN1C. The van der Waals surface area contributed by atoms with Crippen molar-refractivity contribution in [3.8, 4) is 0 Å². The lowest BCUT2D eigenvalue weighted by molar-refractivity contribution is 0.0542. The van der Waals surface area contributed by atoms with Gasteiger partial charge in [-0.3, -0.25) is 9.69 Å². The van der Waals surface area contributed by atoms with Gasteiger partial charge >= 0.3 is 0 Å². The maximum atomic E-state index is 12.7. The summed E-state index contributed by atoms with van der Waals surface area (Å²) >= 11 is 0. The van der Waals surface area contributed by atoms with Crippen molar-refractivity contribution >= 4 is 11.6 Å². The number of rotatable bonds is 2. The molecular weight excluding hydrogens is 262 g/mol. The molecule has 1 unspecified atom stereocenters. The molecule has 114 valence electrons. The second kappa shape index (κ2) is 6.06.